The summed E-state index contributed by atoms with van der Waals surface area (Å²) in [6.45, 7) is 4.04. The highest BCUT2D eigenvalue weighted by molar-refractivity contribution is 6.31. The zero-order chi connectivity index (χ0) is 20.6. The van der Waals surface area contributed by atoms with E-state index in [1.807, 2.05) is 26.0 Å². The maximum atomic E-state index is 12.9. The van der Waals surface area contributed by atoms with Gasteiger partial charge in [0.1, 0.15) is 0 Å². The maximum absolute atomic E-state index is 12.9. The molecule has 28 heavy (non-hydrogen) atoms. The summed E-state index contributed by atoms with van der Waals surface area (Å²) in [7, 11) is 1.32. The second kappa shape index (κ2) is 7.51. The van der Waals surface area contributed by atoms with Crippen molar-refractivity contribution in [1.29, 1.82) is 0 Å². The fourth-order valence-corrected chi connectivity index (χ4v) is 3.59. The number of benzene rings is 2. The van der Waals surface area contributed by atoms with Gasteiger partial charge in [-0.05, 0) is 55.8 Å². The first-order valence-corrected chi connectivity index (χ1v) is 9.07. The smallest absolute Gasteiger partial charge is 0.416 e. The van der Waals surface area contributed by atoms with Gasteiger partial charge in [-0.25, -0.2) is 4.79 Å². The van der Waals surface area contributed by atoms with Crippen molar-refractivity contribution in [3.8, 4) is 0 Å². The lowest BCUT2D eigenvalue weighted by molar-refractivity contribution is -0.137. The predicted octanol–water partition coefficient (Wildman–Crippen LogP) is 6.27. The van der Waals surface area contributed by atoms with Crippen molar-refractivity contribution < 1.29 is 22.7 Å². The molecule has 0 unspecified atom stereocenters. The van der Waals surface area contributed by atoms with Crippen LogP contribution in [0.3, 0.4) is 0 Å². The molecule has 0 saturated carbocycles. The summed E-state index contributed by atoms with van der Waals surface area (Å²) < 4.78 is 45.5. The van der Waals surface area contributed by atoms with Crippen LogP contribution >= 0.6 is 11.6 Å². The first-order chi connectivity index (χ1) is 13.1. The summed E-state index contributed by atoms with van der Waals surface area (Å²) in [5.74, 6) is -0.425. The number of rotatable bonds is 4. The molecule has 3 aromatic rings. The van der Waals surface area contributed by atoms with Crippen LogP contribution in [0, 0.1) is 0 Å². The molecule has 0 saturated heterocycles. The molecule has 2 aromatic carbocycles. The molecule has 3 nitrogen and oxygen atoms in total. The minimum atomic E-state index is -4.43. The van der Waals surface area contributed by atoms with Crippen LogP contribution in [-0.4, -0.2) is 17.6 Å². The van der Waals surface area contributed by atoms with Gasteiger partial charge in [0.05, 0.1) is 18.2 Å². The van der Waals surface area contributed by atoms with E-state index in [4.69, 9.17) is 16.3 Å². The SMILES string of the molecule is COC(=O)c1ccc2c(c1)cc(Cc1ccc(C(F)(F)F)cc1Cl)n2C(C)C. The number of carbonyl (C=O) groups is 1. The van der Waals surface area contributed by atoms with Crippen LogP contribution in [0.1, 0.15) is 47.1 Å². The lowest BCUT2D eigenvalue weighted by Crippen LogP contribution is -2.08. The molecule has 0 spiro atoms. The van der Waals surface area contributed by atoms with Crippen molar-refractivity contribution >= 4 is 28.5 Å². The lowest BCUT2D eigenvalue weighted by Gasteiger charge is -2.16. The Morgan fingerprint density at radius 3 is 2.43 bits per heavy atom. The van der Waals surface area contributed by atoms with Gasteiger partial charge in [-0.1, -0.05) is 17.7 Å². The van der Waals surface area contributed by atoms with E-state index < -0.39 is 17.7 Å². The Morgan fingerprint density at radius 1 is 1.14 bits per heavy atom. The molecule has 7 heteroatoms. The summed E-state index contributed by atoms with van der Waals surface area (Å²) in [6, 6.07) is 10.7. The number of nitrogens with zero attached hydrogens (tertiary/aromatic N) is 1. The Balaban J connectivity index is 2.05. The molecule has 0 aliphatic carbocycles. The van der Waals surface area contributed by atoms with Crippen molar-refractivity contribution in [1.82, 2.24) is 4.57 Å². The Hall–Kier alpha value is -2.47. The fraction of sp³-hybridized carbons (Fsp3) is 0.286. The van der Waals surface area contributed by atoms with Crippen molar-refractivity contribution in [3.63, 3.8) is 0 Å². The van der Waals surface area contributed by atoms with Crippen LogP contribution < -0.4 is 0 Å². The second-order valence-corrected chi connectivity index (χ2v) is 7.25. The minimum Gasteiger partial charge on any atom is -0.465 e. The van der Waals surface area contributed by atoms with E-state index in [0.29, 0.717) is 17.5 Å². The number of esters is 1. The average Bonchev–Trinajstić information content (AvgIpc) is 2.98. The largest absolute Gasteiger partial charge is 0.465 e. The van der Waals surface area contributed by atoms with Gasteiger partial charge in [0.15, 0.2) is 0 Å². The third-order valence-electron chi connectivity index (χ3n) is 4.61. The molecule has 0 bridgehead atoms. The number of hydrogen-bond donors (Lipinski definition) is 0. The predicted molar refractivity (Wildman–Crippen MR) is 103 cm³/mol. The number of halogens is 4. The Morgan fingerprint density at radius 2 is 1.86 bits per heavy atom. The Kier molecular flexibility index (Phi) is 5.44. The maximum Gasteiger partial charge on any atom is 0.416 e. The van der Waals surface area contributed by atoms with Crippen molar-refractivity contribution in [2.24, 2.45) is 0 Å². The zero-order valence-corrected chi connectivity index (χ0v) is 16.4. The van der Waals surface area contributed by atoms with E-state index in [-0.39, 0.29) is 11.1 Å². The van der Waals surface area contributed by atoms with Crippen LogP contribution in [0.4, 0.5) is 13.2 Å². The lowest BCUT2D eigenvalue weighted by atomic mass is 10.1. The van der Waals surface area contributed by atoms with Crippen molar-refractivity contribution in [2.75, 3.05) is 7.11 Å². The van der Waals surface area contributed by atoms with E-state index in [1.54, 1.807) is 12.1 Å². The van der Waals surface area contributed by atoms with Crippen LogP contribution in [0.2, 0.25) is 5.02 Å². The third-order valence-corrected chi connectivity index (χ3v) is 4.96. The van der Waals surface area contributed by atoms with Crippen molar-refractivity contribution in [3.05, 3.63) is 69.9 Å². The number of ether oxygens (including phenoxy) is 1. The standard InChI is InChI=1S/C21H19ClF3NO2/c1-12(2)26-17(9-13-4-6-16(11-18(13)22)21(23,24)25)10-15-8-14(20(27)28-3)5-7-19(15)26/h4-8,10-12H,9H2,1-3H3. The molecule has 0 radical (unpaired) electrons. The quantitative estimate of drug-likeness (QED) is 0.475. The molecule has 3 rings (SSSR count). The summed E-state index contributed by atoms with van der Waals surface area (Å²) >= 11 is 6.13. The molecule has 0 atom stereocenters. The van der Waals surface area contributed by atoms with Crippen LogP contribution in [0.15, 0.2) is 42.5 Å². The van der Waals surface area contributed by atoms with E-state index in [0.717, 1.165) is 28.7 Å². The Labute approximate surface area is 165 Å². The molecule has 1 aromatic heterocycles. The number of aromatic nitrogens is 1. The highest BCUT2D eigenvalue weighted by atomic mass is 35.5. The van der Waals surface area contributed by atoms with E-state index in [2.05, 4.69) is 4.57 Å². The van der Waals surface area contributed by atoms with E-state index in [9.17, 15) is 18.0 Å². The average molecular weight is 410 g/mol. The molecule has 0 fully saturated rings. The molecule has 1 heterocycles. The number of alkyl halides is 3. The third kappa shape index (κ3) is 3.87. The van der Waals surface area contributed by atoms with E-state index >= 15 is 0 Å². The second-order valence-electron chi connectivity index (χ2n) is 6.85. The first kappa shape index (κ1) is 20.3. The highest BCUT2D eigenvalue weighted by Crippen LogP contribution is 2.34. The molecular weight excluding hydrogens is 391 g/mol. The number of hydrogen-bond acceptors (Lipinski definition) is 2. The molecule has 0 aliphatic rings. The van der Waals surface area contributed by atoms with Gasteiger partial charge in [-0.2, -0.15) is 13.2 Å². The van der Waals surface area contributed by atoms with Crippen LogP contribution in [0.5, 0.6) is 0 Å². The van der Waals surface area contributed by atoms with Gasteiger partial charge in [-0.3, -0.25) is 0 Å². The van der Waals surface area contributed by atoms with E-state index in [1.165, 1.54) is 13.2 Å². The van der Waals surface area contributed by atoms with Gasteiger partial charge >= 0.3 is 12.1 Å². The highest BCUT2D eigenvalue weighted by Gasteiger charge is 2.31. The van der Waals surface area contributed by atoms with Gasteiger partial charge in [0, 0.05) is 34.1 Å². The summed E-state index contributed by atoms with van der Waals surface area (Å²) in [5, 5.41) is 0.931. The summed E-state index contributed by atoms with van der Waals surface area (Å²) in [6.07, 6.45) is -4.06. The molecule has 0 N–H and O–H groups in total. The summed E-state index contributed by atoms with van der Waals surface area (Å²) in [5.41, 5.74) is 2.10. The normalized spacial score (nSPS) is 12.0. The molecular formula is C21H19ClF3NO2. The monoisotopic (exact) mass is 409 g/mol. The number of fused-ring (bicyclic) bond motifs is 1. The van der Waals surface area contributed by atoms with Gasteiger partial charge in [0.25, 0.3) is 0 Å². The zero-order valence-electron chi connectivity index (χ0n) is 15.6. The topological polar surface area (TPSA) is 31.2 Å². The molecule has 0 amide bonds. The van der Waals surface area contributed by atoms with Gasteiger partial charge in [0.2, 0.25) is 0 Å². The van der Waals surface area contributed by atoms with Crippen molar-refractivity contribution in [2.45, 2.75) is 32.5 Å². The van der Waals surface area contributed by atoms with Crippen LogP contribution in [-0.2, 0) is 17.3 Å². The summed E-state index contributed by atoms with van der Waals surface area (Å²) in [4.78, 5) is 11.8. The first-order valence-electron chi connectivity index (χ1n) is 8.69. The number of carbonyl (C=O) groups excluding carboxylic acids is 1. The molecule has 148 valence electrons. The number of methoxy groups -OCH3 is 1. The Bertz CT molecular complexity index is 1040. The van der Waals surface area contributed by atoms with Gasteiger partial charge < -0.3 is 9.30 Å². The molecule has 0 aliphatic heterocycles. The fourth-order valence-electron chi connectivity index (χ4n) is 3.35. The van der Waals surface area contributed by atoms with Crippen LogP contribution in [0.25, 0.3) is 10.9 Å². The minimum absolute atomic E-state index is 0.0747. The van der Waals surface area contributed by atoms with Gasteiger partial charge in [-0.15, -0.1) is 0 Å².